The molecule has 3 atom stereocenters. The number of aryl methyl sites for hydroxylation is 2. The highest BCUT2D eigenvalue weighted by Gasteiger charge is 2.46. The van der Waals surface area contributed by atoms with E-state index in [9.17, 15) is 24.6 Å². The SMILES string of the molecule is Cc1cc(CCC[C@@H](C(=O)N[C@H](C(=O)N[C@H](C)c2ccncc2)C(C)(C)C)C(O)(O)C(N)=O)ccc1-c1ccccc1. The summed E-state index contributed by atoms with van der Waals surface area (Å²) in [6.45, 7) is 9.18. The second kappa shape index (κ2) is 13.7. The van der Waals surface area contributed by atoms with E-state index >= 15 is 0 Å². The monoisotopic (exact) mass is 574 g/mol. The molecule has 9 nitrogen and oxygen atoms in total. The molecule has 1 aromatic heterocycles. The van der Waals surface area contributed by atoms with Gasteiger partial charge in [-0.15, -0.1) is 0 Å². The lowest BCUT2D eigenvalue weighted by atomic mass is 9.84. The number of hydrogen-bond acceptors (Lipinski definition) is 6. The second-order valence-electron chi connectivity index (χ2n) is 11.9. The highest BCUT2D eigenvalue weighted by molar-refractivity contribution is 5.93. The Morgan fingerprint density at radius 1 is 0.929 bits per heavy atom. The molecular weight excluding hydrogens is 532 g/mol. The van der Waals surface area contributed by atoms with Crippen LogP contribution in [0.1, 0.15) is 63.3 Å². The highest BCUT2D eigenvalue weighted by atomic mass is 16.5. The number of rotatable bonds is 12. The molecule has 9 heteroatoms. The molecule has 0 aliphatic carbocycles. The van der Waals surface area contributed by atoms with Crippen molar-refractivity contribution in [1.29, 1.82) is 0 Å². The molecule has 0 saturated heterocycles. The van der Waals surface area contributed by atoms with Crippen LogP contribution in [0, 0.1) is 18.3 Å². The van der Waals surface area contributed by atoms with E-state index < -0.39 is 40.9 Å². The average molecular weight is 575 g/mol. The van der Waals surface area contributed by atoms with Crippen LogP contribution >= 0.6 is 0 Å². The van der Waals surface area contributed by atoms with Crippen LogP contribution in [0.4, 0.5) is 0 Å². The fourth-order valence-corrected chi connectivity index (χ4v) is 4.97. The Morgan fingerprint density at radius 2 is 1.57 bits per heavy atom. The molecule has 3 rings (SSSR count). The third kappa shape index (κ3) is 8.24. The number of nitrogens with zero attached hydrogens (tertiary/aromatic N) is 1. The van der Waals surface area contributed by atoms with Gasteiger partial charge in [0.25, 0.3) is 11.7 Å². The smallest absolute Gasteiger partial charge is 0.278 e. The molecule has 1 heterocycles. The Balaban J connectivity index is 1.74. The third-order valence-electron chi connectivity index (χ3n) is 7.48. The minimum absolute atomic E-state index is 0.0485. The molecule has 6 N–H and O–H groups in total. The van der Waals surface area contributed by atoms with E-state index in [1.54, 1.807) is 45.3 Å². The maximum atomic E-state index is 13.5. The number of carbonyl (C=O) groups is 3. The van der Waals surface area contributed by atoms with Gasteiger partial charge in [-0.3, -0.25) is 19.4 Å². The Morgan fingerprint density at radius 3 is 2.14 bits per heavy atom. The van der Waals surface area contributed by atoms with Crippen molar-refractivity contribution in [2.75, 3.05) is 0 Å². The van der Waals surface area contributed by atoms with Gasteiger partial charge >= 0.3 is 0 Å². The van der Waals surface area contributed by atoms with Crippen LogP contribution < -0.4 is 16.4 Å². The summed E-state index contributed by atoms with van der Waals surface area (Å²) in [5.41, 5.74) is 9.70. The predicted molar refractivity (Wildman–Crippen MR) is 162 cm³/mol. The number of primary amides is 1. The average Bonchev–Trinajstić information content (AvgIpc) is 2.94. The van der Waals surface area contributed by atoms with Crippen molar-refractivity contribution in [2.45, 2.75) is 71.8 Å². The van der Waals surface area contributed by atoms with E-state index in [2.05, 4.69) is 21.7 Å². The van der Waals surface area contributed by atoms with Crippen molar-refractivity contribution in [1.82, 2.24) is 15.6 Å². The lowest BCUT2D eigenvalue weighted by Gasteiger charge is -2.34. The molecule has 3 aromatic rings. The summed E-state index contributed by atoms with van der Waals surface area (Å²) in [7, 11) is 0. The lowest BCUT2D eigenvalue weighted by Crippen LogP contribution is -2.60. The number of carbonyl (C=O) groups excluding carboxylic acids is 3. The maximum Gasteiger partial charge on any atom is 0.278 e. The van der Waals surface area contributed by atoms with Crippen LogP contribution in [0.2, 0.25) is 0 Å². The van der Waals surface area contributed by atoms with Gasteiger partial charge in [-0.1, -0.05) is 69.3 Å². The largest absolute Gasteiger partial charge is 0.365 e. The zero-order chi connectivity index (χ0) is 31.1. The predicted octanol–water partition coefficient (Wildman–Crippen LogP) is 3.57. The minimum Gasteiger partial charge on any atom is -0.365 e. The van der Waals surface area contributed by atoms with E-state index in [1.807, 2.05) is 56.3 Å². The summed E-state index contributed by atoms with van der Waals surface area (Å²) in [5.74, 6) is -7.42. The van der Waals surface area contributed by atoms with Gasteiger partial charge in [0.2, 0.25) is 11.8 Å². The highest BCUT2D eigenvalue weighted by Crippen LogP contribution is 2.28. The standard InChI is InChI=1S/C33H42N4O5/c1-21-20-23(14-15-26(21)25-11-7-6-8-12-25)10-9-13-27(33(41,42)31(34)40)29(38)37-28(32(3,4)5)30(39)36-22(2)24-16-18-35-19-17-24/h6-8,11-12,14-20,22,27-28,41-42H,9-10,13H2,1-5H3,(H2,34,40)(H,36,39)(H,37,38)/t22-,27+,28-/m1/s1. The van der Waals surface area contributed by atoms with Gasteiger partial charge < -0.3 is 26.6 Å². The van der Waals surface area contributed by atoms with Crippen LogP contribution in [-0.4, -0.2) is 44.7 Å². The molecule has 0 saturated carbocycles. The summed E-state index contributed by atoms with van der Waals surface area (Å²) in [4.78, 5) is 42.8. The van der Waals surface area contributed by atoms with E-state index in [-0.39, 0.29) is 12.5 Å². The van der Waals surface area contributed by atoms with E-state index in [0.29, 0.717) is 12.8 Å². The maximum absolute atomic E-state index is 13.5. The summed E-state index contributed by atoms with van der Waals surface area (Å²) >= 11 is 0. The molecule has 0 unspecified atom stereocenters. The van der Waals surface area contributed by atoms with Gasteiger partial charge in [0, 0.05) is 12.4 Å². The summed E-state index contributed by atoms with van der Waals surface area (Å²) in [5, 5.41) is 26.7. The minimum atomic E-state index is -3.10. The van der Waals surface area contributed by atoms with Crippen LogP contribution in [0.3, 0.4) is 0 Å². The van der Waals surface area contributed by atoms with Crippen LogP contribution in [0.5, 0.6) is 0 Å². The molecule has 0 aliphatic heterocycles. The van der Waals surface area contributed by atoms with Crippen LogP contribution in [-0.2, 0) is 20.8 Å². The van der Waals surface area contributed by atoms with E-state index in [4.69, 9.17) is 5.73 Å². The van der Waals surface area contributed by atoms with Crippen molar-refractivity contribution < 1.29 is 24.6 Å². The van der Waals surface area contributed by atoms with Crippen molar-refractivity contribution in [3.63, 3.8) is 0 Å². The first kappa shape index (κ1) is 32.4. The molecular formula is C33H42N4O5. The fraction of sp³-hybridized carbons (Fsp3) is 0.394. The van der Waals surface area contributed by atoms with Gasteiger partial charge in [0.05, 0.1) is 6.04 Å². The topological polar surface area (TPSA) is 155 Å². The third-order valence-corrected chi connectivity index (χ3v) is 7.48. The zero-order valence-corrected chi connectivity index (χ0v) is 24.9. The first-order valence-electron chi connectivity index (χ1n) is 14.1. The molecule has 0 fully saturated rings. The zero-order valence-electron chi connectivity index (χ0n) is 24.9. The van der Waals surface area contributed by atoms with Crippen molar-refractivity contribution in [2.24, 2.45) is 17.1 Å². The Labute approximate surface area is 247 Å². The number of amides is 3. The van der Waals surface area contributed by atoms with Crippen molar-refractivity contribution >= 4 is 17.7 Å². The van der Waals surface area contributed by atoms with E-state index in [0.717, 1.165) is 27.8 Å². The molecule has 3 amide bonds. The molecule has 0 spiro atoms. The number of nitrogens with one attached hydrogen (secondary N) is 2. The van der Waals surface area contributed by atoms with Crippen molar-refractivity contribution in [3.8, 4) is 11.1 Å². The number of pyridine rings is 1. The van der Waals surface area contributed by atoms with Crippen LogP contribution in [0.25, 0.3) is 11.1 Å². The molecule has 2 aromatic carbocycles. The molecule has 42 heavy (non-hydrogen) atoms. The second-order valence-corrected chi connectivity index (χ2v) is 11.9. The van der Waals surface area contributed by atoms with Crippen LogP contribution in [0.15, 0.2) is 73.1 Å². The number of benzene rings is 2. The number of aliphatic hydroxyl groups is 2. The quantitative estimate of drug-likeness (QED) is 0.208. The first-order valence-corrected chi connectivity index (χ1v) is 14.1. The molecule has 224 valence electrons. The number of nitrogens with two attached hydrogens (primary N) is 1. The number of hydrogen-bond donors (Lipinski definition) is 5. The van der Waals surface area contributed by atoms with Gasteiger partial charge in [0.1, 0.15) is 12.0 Å². The Hall–Kier alpha value is -4.08. The lowest BCUT2D eigenvalue weighted by molar-refractivity contribution is -0.205. The van der Waals surface area contributed by atoms with Gasteiger partial charge in [0.15, 0.2) is 0 Å². The Bertz CT molecular complexity index is 1370. The summed E-state index contributed by atoms with van der Waals surface area (Å²) in [6.07, 6.45) is 4.09. The molecule has 0 aliphatic rings. The fourth-order valence-electron chi connectivity index (χ4n) is 4.97. The van der Waals surface area contributed by atoms with Gasteiger partial charge in [-0.2, -0.15) is 0 Å². The van der Waals surface area contributed by atoms with Crippen molar-refractivity contribution in [3.05, 3.63) is 89.7 Å². The first-order chi connectivity index (χ1) is 19.7. The van der Waals surface area contributed by atoms with E-state index in [1.165, 1.54) is 0 Å². The number of aromatic nitrogens is 1. The summed E-state index contributed by atoms with van der Waals surface area (Å²) < 4.78 is 0. The normalized spacial score (nSPS) is 14.0. The summed E-state index contributed by atoms with van der Waals surface area (Å²) in [6, 6.07) is 18.3. The molecule has 0 radical (unpaired) electrons. The van der Waals surface area contributed by atoms with Gasteiger partial charge in [-0.25, -0.2) is 0 Å². The molecule has 0 bridgehead atoms. The Kier molecular flexibility index (Phi) is 10.6. The van der Waals surface area contributed by atoms with Gasteiger partial charge in [-0.05, 0) is 78.5 Å².